The Balaban J connectivity index is 1.75. The summed E-state index contributed by atoms with van der Waals surface area (Å²) in [5, 5.41) is 0. The molecule has 0 aliphatic carbocycles. The van der Waals surface area contributed by atoms with E-state index in [1.807, 2.05) is 6.07 Å². The van der Waals surface area contributed by atoms with E-state index in [2.05, 4.69) is 80.2 Å². The molecule has 1 saturated heterocycles. The minimum Gasteiger partial charge on any atom is -0.493 e. The van der Waals surface area contributed by atoms with Crippen molar-refractivity contribution in [2.24, 2.45) is 5.92 Å². The average molecular weight is 411 g/mol. The standard InChI is InChI=1S/C26H38N2O2/c1-20-18-28(4)21(2)17-26(20,23-10-8-7-9-11-23)14-15-27(3)19-22-12-13-24(29-5)25(16-22)30-6/h7-13,16,20-21H,14-15,17-19H2,1-6H3/t20-,21+,26+/m1/s1. The third-order valence-electron chi connectivity index (χ3n) is 7.11. The summed E-state index contributed by atoms with van der Waals surface area (Å²) < 4.78 is 10.8. The molecule has 0 spiro atoms. The summed E-state index contributed by atoms with van der Waals surface area (Å²) in [7, 11) is 7.85. The number of nitrogens with zero attached hydrogens (tertiary/aromatic N) is 2. The van der Waals surface area contributed by atoms with E-state index in [0.29, 0.717) is 12.0 Å². The van der Waals surface area contributed by atoms with Crippen LogP contribution >= 0.6 is 0 Å². The van der Waals surface area contributed by atoms with Gasteiger partial charge in [-0.05, 0) is 69.6 Å². The van der Waals surface area contributed by atoms with Gasteiger partial charge in [0.1, 0.15) is 0 Å². The van der Waals surface area contributed by atoms with Crippen molar-refractivity contribution in [3.63, 3.8) is 0 Å². The van der Waals surface area contributed by atoms with Gasteiger partial charge in [-0.2, -0.15) is 0 Å². The smallest absolute Gasteiger partial charge is 0.161 e. The number of methoxy groups -OCH3 is 2. The molecule has 164 valence electrons. The normalized spacial score (nSPS) is 24.8. The Bertz CT molecular complexity index is 810. The van der Waals surface area contributed by atoms with Gasteiger partial charge in [0.05, 0.1) is 14.2 Å². The van der Waals surface area contributed by atoms with Crippen LogP contribution in [0.1, 0.15) is 37.8 Å². The topological polar surface area (TPSA) is 24.9 Å². The zero-order valence-corrected chi connectivity index (χ0v) is 19.5. The number of piperidine rings is 1. The van der Waals surface area contributed by atoms with Gasteiger partial charge in [0.2, 0.25) is 0 Å². The molecule has 0 aromatic heterocycles. The molecule has 0 unspecified atom stereocenters. The van der Waals surface area contributed by atoms with Crippen molar-refractivity contribution in [3.8, 4) is 11.5 Å². The fourth-order valence-electron chi connectivity index (χ4n) is 5.10. The molecule has 0 amide bonds. The monoisotopic (exact) mass is 410 g/mol. The van der Waals surface area contributed by atoms with Crippen molar-refractivity contribution in [1.82, 2.24) is 9.80 Å². The molecule has 1 heterocycles. The lowest BCUT2D eigenvalue weighted by atomic mass is 9.63. The largest absolute Gasteiger partial charge is 0.493 e. The highest BCUT2D eigenvalue weighted by Gasteiger charge is 2.43. The highest BCUT2D eigenvalue weighted by molar-refractivity contribution is 5.42. The van der Waals surface area contributed by atoms with Crippen molar-refractivity contribution >= 4 is 0 Å². The van der Waals surface area contributed by atoms with Crippen molar-refractivity contribution in [1.29, 1.82) is 0 Å². The summed E-state index contributed by atoms with van der Waals surface area (Å²) in [6, 6.07) is 18.0. The molecule has 4 heteroatoms. The molecule has 1 fully saturated rings. The molecule has 0 radical (unpaired) electrons. The summed E-state index contributed by atoms with van der Waals surface area (Å²) in [5.74, 6) is 2.19. The Morgan fingerprint density at radius 2 is 1.73 bits per heavy atom. The molecule has 0 saturated carbocycles. The second-order valence-corrected chi connectivity index (χ2v) is 9.09. The lowest BCUT2D eigenvalue weighted by Gasteiger charge is -2.50. The van der Waals surface area contributed by atoms with Crippen molar-refractivity contribution in [2.75, 3.05) is 41.4 Å². The number of likely N-dealkylation sites (tertiary alicyclic amines) is 1. The van der Waals surface area contributed by atoms with E-state index in [-0.39, 0.29) is 5.41 Å². The zero-order chi connectivity index (χ0) is 21.7. The van der Waals surface area contributed by atoms with Gasteiger partial charge in [-0.15, -0.1) is 0 Å². The summed E-state index contributed by atoms with van der Waals surface area (Å²) in [6.07, 6.45) is 2.37. The first-order valence-corrected chi connectivity index (χ1v) is 11.0. The first kappa shape index (κ1) is 22.6. The van der Waals surface area contributed by atoms with Crippen LogP contribution in [-0.2, 0) is 12.0 Å². The van der Waals surface area contributed by atoms with Gasteiger partial charge in [-0.25, -0.2) is 0 Å². The lowest BCUT2D eigenvalue weighted by Crippen LogP contribution is -2.52. The van der Waals surface area contributed by atoms with Crippen LogP contribution in [0.25, 0.3) is 0 Å². The Kier molecular flexibility index (Phi) is 7.43. The van der Waals surface area contributed by atoms with Gasteiger partial charge < -0.3 is 19.3 Å². The van der Waals surface area contributed by atoms with Crippen LogP contribution in [0, 0.1) is 5.92 Å². The summed E-state index contributed by atoms with van der Waals surface area (Å²) in [6.45, 7) is 7.91. The number of hydrogen-bond acceptors (Lipinski definition) is 4. The van der Waals surface area contributed by atoms with Crippen LogP contribution in [0.3, 0.4) is 0 Å². The van der Waals surface area contributed by atoms with Crippen molar-refractivity contribution < 1.29 is 9.47 Å². The van der Waals surface area contributed by atoms with E-state index < -0.39 is 0 Å². The van der Waals surface area contributed by atoms with E-state index >= 15 is 0 Å². The van der Waals surface area contributed by atoms with Crippen LogP contribution in [0.15, 0.2) is 48.5 Å². The predicted octanol–water partition coefficient (Wildman–Crippen LogP) is 4.82. The predicted molar refractivity (Wildman–Crippen MR) is 124 cm³/mol. The highest BCUT2D eigenvalue weighted by atomic mass is 16.5. The van der Waals surface area contributed by atoms with E-state index in [0.717, 1.165) is 31.1 Å². The number of ether oxygens (including phenoxy) is 2. The fraction of sp³-hybridized carbons (Fsp3) is 0.538. The summed E-state index contributed by atoms with van der Waals surface area (Å²) in [5.41, 5.74) is 2.96. The van der Waals surface area contributed by atoms with Crippen LogP contribution in [0.5, 0.6) is 11.5 Å². The molecular formula is C26H38N2O2. The first-order chi connectivity index (χ1) is 14.4. The molecule has 1 aliphatic heterocycles. The molecule has 3 atom stereocenters. The molecule has 2 aromatic carbocycles. The molecule has 0 bridgehead atoms. The molecule has 30 heavy (non-hydrogen) atoms. The van der Waals surface area contributed by atoms with Crippen LogP contribution in [0.4, 0.5) is 0 Å². The van der Waals surface area contributed by atoms with Crippen LogP contribution in [0.2, 0.25) is 0 Å². The average Bonchev–Trinajstić information content (AvgIpc) is 2.76. The Morgan fingerprint density at radius 1 is 1.03 bits per heavy atom. The van der Waals surface area contributed by atoms with Gasteiger partial charge in [0.25, 0.3) is 0 Å². The van der Waals surface area contributed by atoms with Gasteiger partial charge in [0.15, 0.2) is 11.5 Å². The molecule has 2 aromatic rings. The molecule has 0 N–H and O–H groups in total. The maximum atomic E-state index is 5.48. The third-order valence-corrected chi connectivity index (χ3v) is 7.11. The number of hydrogen-bond donors (Lipinski definition) is 0. The van der Waals surface area contributed by atoms with E-state index in [1.165, 1.54) is 24.0 Å². The second-order valence-electron chi connectivity index (χ2n) is 9.09. The van der Waals surface area contributed by atoms with Crippen LogP contribution < -0.4 is 9.47 Å². The van der Waals surface area contributed by atoms with Crippen molar-refractivity contribution in [2.45, 2.75) is 44.7 Å². The quantitative estimate of drug-likeness (QED) is 0.623. The SMILES string of the molecule is COc1ccc(CN(C)CC[C@]2(c3ccccc3)C[C@H](C)N(C)C[C@H]2C)cc1OC. The summed E-state index contributed by atoms with van der Waals surface area (Å²) in [4.78, 5) is 4.95. The van der Waals surface area contributed by atoms with E-state index in [9.17, 15) is 0 Å². The van der Waals surface area contributed by atoms with E-state index in [1.54, 1.807) is 14.2 Å². The molecule has 4 nitrogen and oxygen atoms in total. The highest BCUT2D eigenvalue weighted by Crippen LogP contribution is 2.44. The Labute approximate surface area is 182 Å². The maximum Gasteiger partial charge on any atom is 0.161 e. The van der Waals surface area contributed by atoms with Crippen LogP contribution in [-0.4, -0.2) is 57.2 Å². The van der Waals surface area contributed by atoms with E-state index in [4.69, 9.17) is 9.47 Å². The summed E-state index contributed by atoms with van der Waals surface area (Å²) >= 11 is 0. The molecule has 3 rings (SSSR count). The first-order valence-electron chi connectivity index (χ1n) is 11.0. The van der Waals surface area contributed by atoms with Gasteiger partial charge in [-0.3, -0.25) is 0 Å². The Morgan fingerprint density at radius 3 is 2.40 bits per heavy atom. The fourth-order valence-corrected chi connectivity index (χ4v) is 5.10. The second kappa shape index (κ2) is 9.84. The zero-order valence-electron chi connectivity index (χ0n) is 19.5. The van der Waals surface area contributed by atoms with Gasteiger partial charge >= 0.3 is 0 Å². The van der Waals surface area contributed by atoms with Gasteiger partial charge in [0, 0.05) is 24.5 Å². The minimum atomic E-state index is 0.221. The van der Waals surface area contributed by atoms with Gasteiger partial charge in [-0.1, -0.05) is 43.3 Å². The lowest BCUT2D eigenvalue weighted by molar-refractivity contribution is 0.0622. The minimum absolute atomic E-state index is 0.221. The number of rotatable bonds is 8. The maximum absolute atomic E-state index is 5.48. The molecular weight excluding hydrogens is 372 g/mol. The van der Waals surface area contributed by atoms with Crippen molar-refractivity contribution in [3.05, 3.63) is 59.7 Å². The number of benzene rings is 2. The Hall–Kier alpha value is -2.04. The molecule has 1 aliphatic rings. The third kappa shape index (κ3) is 4.81.